The van der Waals surface area contributed by atoms with Gasteiger partial charge in [0, 0.05) is 0 Å². The molecule has 0 atom stereocenters. The van der Waals surface area contributed by atoms with Crippen LogP contribution in [0.1, 0.15) is 33.1 Å². The van der Waals surface area contributed by atoms with Crippen molar-refractivity contribution < 1.29 is 24.1 Å². The zero-order valence-corrected chi connectivity index (χ0v) is 8.58. The number of rotatable bonds is 4. The van der Waals surface area contributed by atoms with Crippen LogP contribution in [-0.2, 0) is 24.1 Å². The molecule has 0 heterocycles. The van der Waals surface area contributed by atoms with E-state index in [0.29, 0.717) is 0 Å². The quantitative estimate of drug-likeness (QED) is 0.364. The Morgan fingerprint density at radius 1 is 1.50 bits per heavy atom. The van der Waals surface area contributed by atoms with E-state index in [1.807, 2.05) is 6.92 Å². The van der Waals surface area contributed by atoms with Gasteiger partial charge in [-0.1, -0.05) is 6.08 Å². The molecular weight excluding hydrogens is 160 g/mol. The van der Waals surface area contributed by atoms with Gasteiger partial charge in [-0.05, 0) is 6.92 Å². The van der Waals surface area contributed by atoms with E-state index in [1.54, 1.807) is 26.9 Å². The molecule has 0 spiro atoms. The first-order valence-electron chi connectivity index (χ1n) is 3.69. The van der Waals surface area contributed by atoms with Crippen LogP contribution in [0.5, 0.6) is 0 Å². The summed E-state index contributed by atoms with van der Waals surface area (Å²) in [6.45, 7) is 8.36. The second-order valence-corrected chi connectivity index (χ2v) is 2.41. The Kier molecular flexibility index (Phi) is 21.1. The number of allylic oxidation sites excluding steroid dienone is 1. The summed E-state index contributed by atoms with van der Waals surface area (Å²) < 4.78 is 4.84. The predicted octanol–water partition coefficient (Wildman–Crippen LogP) is 2.85. The van der Waals surface area contributed by atoms with Crippen LogP contribution in [0.25, 0.3) is 0 Å². The van der Waals surface area contributed by atoms with Gasteiger partial charge in [-0.25, -0.2) is 0 Å². The number of hydrogen-bond donors (Lipinski definition) is 0. The van der Waals surface area contributed by atoms with E-state index in [4.69, 9.17) is 3.32 Å². The van der Waals surface area contributed by atoms with Crippen molar-refractivity contribution in [2.24, 2.45) is 0 Å². The summed E-state index contributed by atoms with van der Waals surface area (Å²) in [6.07, 6.45) is 5.55. The molecule has 59 valence electrons. The van der Waals surface area contributed by atoms with Gasteiger partial charge in [0.2, 0.25) is 0 Å². The fraction of sp³-hybridized carbons (Fsp3) is 0.750. The van der Waals surface area contributed by atoms with Crippen molar-refractivity contribution in [3.63, 3.8) is 0 Å². The summed E-state index contributed by atoms with van der Waals surface area (Å²) in [7, 11) is 0. The Labute approximate surface area is 76.7 Å². The number of hydrogen-bond acceptors (Lipinski definition) is 1. The molecule has 10 heavy (non-hydrogen) atoms. The zero-order valence-electron chi connectivity index (χ0n) is 7.02. The van der Waals surface area contributed by atoms with Crippen molar-refractivity contribution in [1.29, 1.82) is 0 Å². The first kappa shape index (κ1) is 13.0. The summed E-state index contributed by atoms with van der Waals surface area (Å²) in [5.74, 6) is 0. The Morgan fingerprint density at radius 3 is 2.30 bits per heavy atom. The molecule has 0 amide bonds. The predicted molar refractivity (Wildman–Crippen MR) is 41.3 cm³/mol. The molecule has 0 N–H and O–H groups in total. The fourth-order valence-corrected chi connectivity index (χ4v) is 0.650. The molecule has 0 aliphatic carbocycles. The molecule has 0 aliphatic heterocycles. The van der Waals surface area contributed by atoms with Crippen LogP contribution in [0.4, 0.5) is 0 Å². The van der Waals surface area contributed by atoms with Gasteiger partial charge in [-0.15, -0.1) is 6.58 Å². The number of unbranched alkanes of at least 4 members (excludes halogenated alkanes) is 2. The Hall–Kier alpha value is 0.414. The molecule has 0 aromatic carbocycles. The Balaban J connectivity index is 0. The standard InChI is InChI=1S/C5H11O.C3H6.Ti/c1-2-3-4-5-6;1-3-2;/h2-5H2,1H3;3H,1H2,2H3;/q-1;;+1. The van der Waals surface area contributed by atoms with Crippen molar-refractivity contribution in [2.45, 2.75) is 33.1 Å². The van der Waals surface area contributed by atoms with E-state index in [1.165, 1.54) is 19.3 Å². The van der Waals surface area contributed by atoms with Crippen molar-refractivity contribution in [3.05, 3.63) is 12.7 Å². The van der Waals surface area contributed by atoms with E-state index >= 15 is 0 Å². The van der Waals surface area contributed by atoms with Crippen LogP contribution in [0, 0.1) is 0 Å². The van der Waals surface area contributed by atoms with Gasteiger partial charge in [-0.3, -0.25) is 0 Å². The van der Waals surface area contributed by atoms with Crippen molar-refractivity contribution in [1.82, 2.24) is 0 Å². The molecule has 0 unspecified atom stereocenters. The van der Waals surface area contributed by atoms with Crippen molar-refractivity contribution >= 4 is 0 Å². The monoisotopic (exact) mass is 177 g/mol. The van der Waals surface area contributed by atoms with Crippen LogP contribution in [0.2, 0.25) is 0 Å². The van der Waals surface area contributed by atoms with Gasteiger partial charge >= 0.3 is 56.9 Å². The van der Waals surface area contributed by atoms with Gasteiger partial charge in [0.1, 0.15) is 0 Å². The Morgan fingerprint density at radius 2 is 2.00 bits per heavy atom. The first-order chi connectivity index (χ1) is 4.83. The summed E-state index contributed by atoms with van der Waals surface area (Å²) in [5, 5.41) is 0. The summed E-state index contributed by atoms with van der Waals surface area (Å²) in [4.78, 5) is 0. The van der Waals surface area contributed by atoms with Gasteiger partial charge in [0.15, 0.2) is 0 Å². The second-order valence-electron chi connectivity index (χ2n) is 1.96. The van der Waals surface area contributed by atoms with Gasteiger partial charge < -0.3 is 0 Å². The van der Waals surface area contributed by atoms with E-state index in [2.05, 4.69) is 13.5 Å². The first-order valence-corrected chi connectivity index (χ1v) is 4.32. The zero-order chi connectivity index (χ0) is 8.24. The molecule has 0 aromatic rings. The molecule has 0 rings (SSSR count). The molecule has 0 bridgehead atoms. The maximum atomic E-state index is 4.84. The van der Waals surface area contributed by atoms with Crippen LogP contribution in [0.15, 0.2) is 12.7 Å². The maximum absolute atomic E-state index is 4.84. The summed E-state index contributed by atoms with van der Waals surface area (Å²) in [5.41, 5.74) is 0. The van der Waals surface area contributed by atoms with Crippen LogP contribution >= 0.6 is 0 Å². The van der Waals surface area contributed by atoms with Crippen molar-refractivity contribution in [2.75, 3.05) is 6.61 Å². The molecule has 1 nitrogen and oxygen atoms in total. The van der Waals surface area contributed by atoms with Gasteiger partial charge in [0.25, 0.3) is 0 Å². The molecule has 0 aromatic heterocycles. The topological polar surface area (TPSA) is 9.23 Å². The van der Waals surface area contributed by atoms with Gasteiger partial charge in [0.05, 0.1) is 0 Å². The molecule has 0 saturated carbocycles. The molecule has 2 heteroatoms. The van der Waals surface area contributed by atoms with E-state index in [9.17, 15) is 0 Å². The fourth-order valence-electron chi connectivity index (χ4n) is 0.424. The molecule has 0 fully saturated rings. The van der Waals surface area contributed by atoms with Crippen LogP contribution < -0.4 is 0 Å². The molecular formula is C8H17OTi. The van der Waals surface area contributed by atoms with Crippen LogP contribution in [-0.4, -0.2) is 6.61 Å². The summed E-state index contributed by atoms with van der Waals surface area (Å²) in [6, 6.07) is 0. The van der Waals surface area contributed by atoms with Crippen LogP contribution in [0.3, 0.4) is 0 Å². The third-order valence-electron chi connectivity index (χ3n) is 0.850. The van der Waals surface area contributed by atoms with Gasteiger partial charge in [-0.2, -0.15) is 0 Å². The average molecular weight is 177 g/mol. The van der Waals surface area contributed by atoms with E-state index in [0.717, 1.165) is 6.61 Å². The SMILES string of the molecule is C=CC.CCCCC[O][Ti]. The summed E-state index contributed by atoms with van der Waals surface area (Å²) >= 11 is 1.75. The normalized spacial score (nSPS) is 7.70. The second kappa shape index (κ2) is 16.2. The average Bonchev–Trinajstić information content (AvgIpc) is 1.91. The Bertz CT molecular complexity index is 51.2. The minimum atomic E-state index is 0.924. The molecule has 0 saturated heterocycles. The van der Waals surface area contributed by atoms with Crippen molar-refractivity contribution in [3.8, 4) is 0 Å². The molecule has 0 aliphatic rings. The minimum absolute atomic E-state index is 0.924. The third kappa shape index (κ3) is 23.7. The molecule has 0 radical (unpaired) electrons. The third-order valence-corrected chi connectivity index (χ3v) is 1.17. The van der Waals surface area contributed by atoms with E-state index < -0.39 is 0 Å². The van der Waals surface area contributed by atoms with E-state index in [-0.39, 0.29) is 0 Å².